The van der Waals surface area contributed by atoms with Crippen molar-refractivity contribution in [2.24, 2.45) is 16.6 Å². The maximum atomic E-state index is 6.04. The second-order valence-electron chi connectivity index (χ2n) is 5.29. The van der Waals surface area contributed by atoms with E-state index in [1.807, 2.05) is 0 Å². The molecule has 0 unspecified atom stereocenters. The van der Waals surface area contributed by atoms with Gasteiger partial charge in [-0.15, -0.1) is 24.0 Å². The van der Waals surface area contributed by atoms with Gasteiger partial charge in [-0.1, -0.05) is 20.8 Å². The van der Waals surface area contributed by atoms with Gasteiger partial charge in [-0.3, -0.25) is 4.99 Å². The first-order valence-corrected chi connectivity index (χ1v) is 7.44. The van der Waals surface area contributed by atoms with Crippen molar-refractivity contribution in [2.75, 3.05) is 39.3 Å². The van der Waals surface area contributed by atoms with Crippen LogP contribution in [0.5, 0.6) is 0 Å². The highest BCUT2D eigenvalue weighted by Crippen LogP contribution is 2.15. The van der Waals surface area contributed by atoms with E-state index in [1.165, 1.54) is 12.8 Å². The van der Waals surface area contributed by atoms with E-state index in [2.05, 4.69) is 35.6 Å². The Bertz CT molecular complexity index is 246. The van der Waals surface area contributed by atoms with Crippen LogP contribution in [-0.4, -0.2) is 55.0 Å². The highest BCUT2D eigenvalue weighted by Gasteiger charge is 2.16. The lowest BCUT2D eigenvalue weighted by atomic mass is 10.00. The van der Waals surface area contributed by atoms with Crippen molar-refractivity contribution in [3.63, 3.8) is 0 Å². The van der Waals surface area contributed by atoms with E-state index in [0.717, 1.165) is 57.6 Å². The second kappa shape index (κ2) is 10.7. The average Bonchev–Trinajstić information content (AvgIpc) is 2.39. The molecule has 0 aliphatic carbocycles. The summed E-state index contributed by atoms with van der Waals surface area (Å²) >= 11 is 0. The number of likely N-dealkylation sites (tertiary alicyclic amines) is 1. The van der Waals surface area contributed by atoms with Crippen molar-refractivity contribution in [3.05, 3.63) is 0 Å². The fourth-order valence-corrected chi connectivity index (χ4v) is 2.37. The third-order valence-electron chi connectivity index (χ3n) is 3.91. The van der Waals surface area contributed by atoms with Gasteiger partial charge in [0.15, 0.2) is 5.96 Å². The number of rotatable bonds is 6. The van der Waals surface area contributed by atoms with Crippen LogP contribution in [0.4, 0.5) is 0 Å². The van der Waals surface area contributed by atoms with Crippen LogP contribution in [0.15, 0.2) is 4.99 Å². The topological polar surface area (TPSA) is 44.9 Å². The molecule has 1 aliphatic heterocycles. The number of hydrogen-bond donors (Lipinski definition) is 1. The molecule has 0 amide bonds. The van der Waals surface area contributed by atoms with Crippen LogP contribution in [0.25, 0.3) is 0 Å². The van der Waals surface area contributed by atoms with Gasteiger partial charge in [-0.25, -0.2) is 0 Å². The zero-order chi connectivity index (χ0) is 13.4. The molecule has 0 aromatic carbocycles. The quantitative estimate of drug-likeness (QED) is 0.332. The molecular weight excluding hydrogens is 351 g/mol. The van der Waals surface area contributed by atoms with E-state index < -0.39 is 0 Å². The van der Waals surface area contributed by atoms with Gasteiger partial charge in [0.1, 0.15) is 0 Å². The first kappa shape index (κ1) is 19.0. The molecule has 1 heterocycles. The molecule has 1 saturated heterocycles. The Kier molecular flexibility index (Phi) is 10.7. The van der Waals surface area contributed by atoms with Gasteiger partial charge in [-0.2, -0.15) is 0 Å². The number of guanidine groups is 1. The first-order valence-electron chi connectivity index (χ1n) is 7.44. The molecule has 0 atom stereocenters. The summed E-state index contributed by atoms with van der Waals surface area (Å²) in [6.07, 6.45) is 3.60. The number of nitrogens with zero attached hydrogens (tertiary/aromatic N) is 3. The van der Waals surface area contributed by atoms with Crippen LogP contribution >= 0.6 is 24.0 Å². The van der Waals surface area contributed by atoms with Gasteiger partial charge >= 0.3 is 0 Å². The van der Waals surface area contributed by atoms with Gasteiger partial charge in [-0.05, 0) is 44.8 Å². The molecule has 4 nitrogen and oxygen atoms in total. The predicted octanol–water partition coefficient (Wildman–Crippen LogP) is 2.38. The standard InChI is InChI=1S/C14H30N4.HI/c1-4-17(5-2)10-6-9-16-14(15)18-11-7-13(3)8-12-18;/h13H,4-12H2,1-3H3,(H2,15,16);1H. The highest BCUT2D eigenvalue weighted by molar-refractivity contribution is 14.0. The molecule has 114 valence electrons. The van der Waals surface area contributed by atoms with Crippen LogP contribution in [0, 0.1) is 5.92 Å². The lowest BCUT2D eigenvalue weighted by molar-refractivity contribution is 0.277. The van der Waals surface area contributed by atoms with Crippen LogP contribution in [0.3, 0.4) is 0 Å². The lowest BCUT2D eigenvalue weighted by Gasteiger charge is -2.31. The van der Waals surface area contributed by atoms with Crippen molar-refractivity contribution >= 4 is 29.9 Å². The minimum absolute atomic E-state index is 0. The summed E-state index contributed by atoms with van der Waals surface area (Å²) in [6.45, 7) is 13.1. The Morgan fingerprint density at radius 2 is 1.84 bits per heavy atom. The van der Waals surface area contributed by atoms with Crippen LogP contribution in [-0.2, 0) is 0 Å². The summed E-state index contributed by atoms with van der Waals surface area (Å²) in [5, 5.41) is 0. The highest BCUT2D eigenvalue weighted by atomic mass is 127. The lowest BCUT2D eigenvalue weighted by Crippen LogP contribution is -2.42. The molecular formula is C14H31IN4. The number of hydrogen-bond acceptors (Lipinski definition) is 2. The van der Waals surface area contributed by atoms with Crippen LogP contribution in [0.2, 0.25) is 0 Å². The van der Waals surface area contributed by atoms with E-state index in [4.69, 9.17) is 5.73 Å². The Balaban J connectivity index is 0.00000324. The fraction of sp³-hybridized carbons (Fsp3) is 0.929. The summed E-state index contributed by atoms with van der Waals surface area (Å²) in [4.78, 5) is 9.17. The zero-order valence-electron chi connectivity index (χ0n) is 12.8. The summed E-state index contributed by atoms with van der Waals surface area (Å²) in [7, 11) is 0. The van der Waals surface area contributed by atoms with Gasteiger partial charge in [0.05, 0.1) is 0 Å². The average molecular weight is 382 g/mol. The van der Waals surface area contributed by atoms with Crippen molar-refractivity contribution in [1.29, 1.82) is 0 Å². The van der Waals surface area contributed by atoms with E-state index in [1.54, 1.807) is 0 Å². The van der Waals surface area contributed by atoms with E-state index in [-0.39, 0.29) is 24.0 Å². The Labute approximate surface area is 135 Å². The number of halogens is 1. The van der Waals surface area contributed by atoms with Crippen molar-refractivity contribution in [3.8, 4) is 0 Å². The van der Waals surface area contributed by atoms with Crippen molar-refractivity contribution in [2.45, 2.75) is 40.0 Å². The van der Waals surface area contributed by atoms with Crippen molar-refractivity contribution in [1.82, 2.24) is 9.80 Å². The van der Waals surface area contributed by atoms with Crippen molar-refractivity contribution < 1.29 is 0 Å². The number of aliphatic imine (C=N–C) groups is 1. The van der Waals surface area contributed by atoms with E-state index in [9.17, 15) is 0 Å². The molecule has 19 heavy (non-hydrogen) atoms. The molecule has 0 radical (unpaired) electrons. The maximum Gasteiger partial charge on any atom is 0.191 e. The minimum atomic E-state index is 0. The van der Waals surface area contributed by atoms with Crippen LogP contribution in [0.1, 0.15) is 40.0 Å². The summed E-state index contributed by atoms with van der Waals surface area (Å²) < 4.78 is 0. The van der Waals surface area contributed by atoms with Gasteiger partial charge < -0.3 is 15.5 Å². The van der Waals surface area contributed by atoms with Gasteiger partial charge in [0.25, 0.3) is 0 Å². The molecule has 5 heteroatoms. The molecule has 1 aliphatic rings. The normalized spacial score (nSPS) is 17.7. The molecule has 0 bridgehead atoms. The number of nitrogens with two attached hydrogens (primary N) is 1. The number of piperidine rings is 1. The largest absolute Gasteiger partial charge is 0.370 e. The first-order chi connectivity index (χ1) is 8.67. The molecule has 0 aromatic rings. The van der Waals surface area contributed by atoms with E-state index in [0.29, 0.717) is 0 Å². The summed E-state index contributed by atoms with van der Waals surface area (Å²) in [6, 6.07) is 0. The SMILES string of the molecule is CCN(CC)CCCN=C(N)N1CCC(C)CC1.I. The molecule has 1 rings (SSSR count). The summed E-state index contributed by atoms with van der Waals surface area (Å²) in [5.41, 5.74) is 6.04. The molecule has 1 fully saturated rings. The van der Waals surface area contributed by atoms with Gasteiger partial charge in [0.2, 0.25) is 0 Å². The summed E-state index contributed by atoms with van der Waals surface area (Å²) in [5.74, 6) is 1.60. The zero-order valence-corrected chi connectivity index (χ0v) is 15.1. The Morgan fingerprint density at radius 3 is 2.37 bits per heavy atom. The third-order valence-corrected chi connectivity index (χ3v) is 3.91. The maximum absolute atomic E-state index is 6.04. The molecule has 0 aromatic heterocycles. The van der Waals surface area contributed by atoms with Gasteiger partial charge in [0, 0.05) is 19.6 Å². The van der Waals surface area contributed by atoms with Crippen LogP contribution < -0.4 is 5.73 Å². The smallest absolute Gasteiger partial charge is 0.191 e. The Hall–Kier alpha value is -0.0400. The fourth-order valence-electron chi connectivity index (χ4n) is 2.37. The monoisotopic (exact) mass is 382 g/mol. The minimum Gasteiger partial charge on any atom is -0.370 e. The Morgan fingerprint density at radius 1 is 1.26 bits per heavy atom. The van der Waals surface area contributed by atoms with E-state index >= 15 is 0 Å². The molecule has 0 spiro atoms. The third kappa shape index (κ3) is 7.34. The molecule has 0 saturated carbocycles. The predicted molar refractivity (Wildman–Crippen MR) is 94.3 cm³/mol. The second-order valence-corrected chi connectivity index (χ2v) is 5.29. The molecule has 2 N–H and O–H groups in total.